The van der Waals surface area contributed by atoms with E-state index in [9.17, 15) is 4.79 Å². The Bertz CT molecular complexity index is 186. The Morgan fingerprint density at radius 3 is 2.53 bits per heavy atom. The number of carbonyl (C=O) groups excluding carboxylic acids is 1. The van der Waals surface area contributed by atoms with Crippen molar-refractivity contribution in [3.63, 3.8) is 0 Å². The Hall–Kier alpha value is -0.570. The summed E-state index contributed by atoms with van der Waals surface area (Å²) in [6.07, 6.45) is 6.97. The molecule has 88 valence electrons. The fraction of sp³-hybridized carbons (Fsp3) is 0.917. The van der Waals surface area contributed by atoms with Crippen molar-refractivity contribution in [2.45, 2.75) is 57.9 Å². The molecule has 0 spiro atoms. The minimum Gasteiger partial charge on any atom is -0.396 e. The zero-order valence-electron chi connectivity index (χ0n) is 9.67. The van der Waals surface area contributed by atoms with Crippen molar-refractivity contribution in [3.8, 4) is 0 Å². The molecule has 3 nitrogen and oxygen atoms in total. The van der Waals surface area contributed by atoms with Crippen LogP contribution < -0.4 is 5.32 Å². The fourth-order valence-corrected chi connectivity index (χ4v) is 2.30. The predicted octanol–water partition coefficient (Wildman–Crippen LogP) is 1.84. The Morgan fingerprint density at radius 1 is 1.33 bits per heavy atom. The minimum atomic E-state index is 0.197. The predicted molar refractivity (Wildman–Crippen MR) is 60.5 cm³/mol. The standard InChI is InChI=1S/C12H23NO2/c1-2-3-12(15)13-11-6-4-10(5-7-11)8-9-14/h10-11,14H,2-9H2,1H3,(H,13,15). The molecule has 0 bridgehead atoms. The molecule has 15 heavy (non-hydrogen) atoms. The van der Waals surface area contributed by atoms with Crippen molar-refractivity contribution in [2.75, 3.05) is 6.61 Å². The summed E-state index contributed by atoms with van der Waals surface area (Å²) < 4.78 is 0. The number of nitrogens with one attached hydrogen (secondary N) is 1. The number of carbonyl (C=O) groups is 1. The molecule has 1 saturated carbocycles. The van der Waals surface area contributed by atoms with Gasteiger partial charge in [-0.2, -0.15) is 0 Å². The summed E-state index contributed by atoms with van der Waals surface area (Å²) in [7, 11) is 0. The van der Waals surface area contributed by atoms with Crippen LogP contribution in [-0.4, -0.2) is 23.7 Å². The highest BCUT2D eigenvalue weighted by molar-refractivity contribution is 5.76. The van der Waals surface area contributed by atoms with Crippen LogP contribution in [0.15, 0.2) is 0 Å². The molecule has 0 aromatic rings. The maximum absolute atomic E-state index is 11.4. The van der Waals surface area contributed by atoms with E-state index in [1.165, 1.54) is 0 Å². The van der Waals surface area contributed by atoms with Crippen molar-refractivity contribution in [1.29, 1.82) is 0 Å². The van der Waals surface area contributed by atoms with Gasteiger partial charge in [0.15, 0.2) is 0 Å². The van der Waals surface area contributed by atoms with Crippen LogP contribution in [0.5, 0.6) is 0 Å². The van der Waals surface area contributed by atoms with Crippen LogP contribution in [0, 0.1) is 5.92 Å². The molecule has 0 atom stereocenters. The molecule has 1 rings (SSSR count). The first-order valence-corrected chi connectivity index (χ1v) is 6.16. The molecule has 0 radical (unpaired) electrons. The highest BCUT2D eigenvalue weighted by atomic mass is 16.3. The third-order valence-electron chi connectivity index (χ3n) is 3.23. The van der Waals surface area contributed by atoms with E-state index in [1.807, 2.05) is 6.92 Å². The summed E-state index contributed by atoms with van der Waals surface area (Å²) in [5.41, 5.74) is 0. The maximum Gasteiger partial charge on any atom is 0.220 e. The second-order valence-corrected chi connectivity index (χ2v) is 4.55. The van der Waals surface area contributed by atoms with Crippen LogP contribution in [0.1, 0.15) is 51.9 Å². The summed E-state index contributed by atoms with van der Waals surface area (Å²) in [4.78, 5) is 11.4. The highest BCUT2D eigenvalue weighted by Gasteiger charge is 2.21. The zero-order valence-corrected chi connectivity index (χ0v) is 9.67. The zero-order chi connectivity index (χ0) is 11.1. The Balaban J connectivity index is 2.16. The lowest BCUT2D eigenvalue weighted by molar-refractivity contribution is -0.122. The molecule has 0 unspecified atom stereocenters. The molecule has 1 fully saturated rings. The third-order valence-corrected chi connectivity index (χ3v) is 3.23. The van der Waals surface area contributed by atoms with Gasteiger partial charge < -0.3 is 10.4 Å². The van der Waals surface area contributed by atoms with Gasteiger partial charge in [-0.05, 0) is 44.4 Å². The molecule has 2 N–H and O–H groups in total. The van der Waals surface area contributed by atoms with Crippen molar-refractivity contribution >= 4 is 5.91 Å². The lowest BCUT2D eigenvalue weighted by Gasteiger charge is -2.28. The Morgan fingerprint density at radius 2 is 2.00 bits per heavy atom. The largest absolute Gasteiger partial charge is 0.396 e. The Kier molecular flexibility index (Phi) is 5.69. The van der Waals surface area contributed by atoms with Crippen LogP contribution in [0.25, 0.3) is 0 Å². The van der Waals surface area contributed by atoms with Gasteiger partial charge in [0.25, 0.3) is 0 Å². The molecule has 1 aliphatic rings. The first kappa shape index (κ1) is 12.5. The summed E-state index contributed by atoms with van der Waals surface area (Å²) in [6, 6.07) is 0.388. The number of amides is 1. The van der Waals surface area contributed by atoms with Crippen LogP contribution in [0.4, 0.5) is 0 Å². The maximum atomic E-state index is 11.4. The van der Waals surface area contributed by atoms with Gasteiger partial charge >= 0.3 is 0 Å². The quantitative estimate of drug-likeness (QED) is 0.732. The second kappa shape index (κ2) is 6.83. The molecule has 1 amide bonds. The lowest BCUT2D eigenvalue weighted by Crippen LogP contribution is -2.37. The topological polar surface area (TPSA) is 49.3 Å². The third kappa shape index (κ3) is 4.65. The number of rotatable bonds is 5. The van der Waals surface area contributed by atoms with Gasteiger partial charge in [0.1, 0.15) is 0 Å². The van der Waals surface area contributed by atoms with E-state index in [-0.39, 0.29) is 5.91 Å². The average Bonchev–Trinajstić information content (AvgIpc) is 2.22. The van der Waals surface area contributed by atoms with Gasteiger partial charge in [0.2, 0.25) is 5.91 Å². The van der Waals surface area contributed by atoms with E-state index in [4.69, 9.17) is 5.11 Å². The van der Waals surface area contributed by atoms with Gasteiger partial charge in [-0.3, -0.25) is 4.79 Å². The first-order valence-electron chi connectivity index (χ1n) is 6.16. The molecule has 0 aromatic heterocycles. The lowest BCUT2D eigenvalue weighted by atomic mass is 9.84. The summed E-state index contributed by atoms with van der Waals surface area (Å²) in [6.45, 7) is 2.33. The van der Waals surface area contributed by atoms with Crippen molar-refractivity contribution in [2.24, 2.45) is 5.92 Å². The summed E-state index contributed by atoms with van der Waals surface area (Å²) >= 11 is 0. The molecule has 0 heterocycles. The molecular formula is C12H23NO2. The Labute approximate surface area is 92.3 Å². The summed E-state index contributed by atoms with van der Waals surface area (Å²) in [5.74, 6) is 0.873. The monoisotopic (exact) mass is 213 g/mol. The van der Waals surface area contributed by atoms with Crippen molar-refractivity contribution in [3.05, 3.63) is 0 Å². The van der Waals surface area contributed by atoms with Crippen LogP contribution >= 0.6 is 0 Å². The second-order valence-electron chi connectivity index (χ2n) is 4.55. The molecule has 0 aromatic carbocycles. The van der Waals surface area contributed by atoms with Gasteiger partial charge in [0, 0.05) is 19.1 Å². The molecule has 1 aliphatic carbocycles. The number of hydrogen-bond donors (Lipinski definition) is 2. The average molecular weight is 213 g/mol. The van der Waals surface area contributed by atoms with E-state index >= 15 is 0 Å². The van der Waals surface area contributed by atoms with Gasteiger partial charge in [-0.25, -0.2) is 0 Å². The van der Waals surface area contributed by atoms with E-state index in [2.05, 4.69) is 5.32 Å². The van der Waals surface area contributed by atoms with Crippen molar-refractivity contribution < 1.29 is 9.90 Å². The van der Waals surface area contributed by atoms with E-state index < -0.39 is 0 Å². The van der Waals surface area contributed by atoms with Gasteiger partial charge in [-0.1, -0.05) is 6.92 Å². The molecule has 0 saturated heterocycles. The minimum absolute atomic E-state index is 0.197. The molecular weight excluding hydrogens is 190 g/mol. The van der Waals surface area contributed by atoms with Crippen molar-refractivity contribution in [1.82, 2.24) is 5.32 Å². The van der Waals surface area contributed by atoms with E-state index in [0.29, 0.717) is 25.0 Å². The molecule has 3 heteroatoms. The van der Waals surface area contributed by atoms with E-state index in [1.54, 1.807) is 0 Å². The fourth-order valence-electron chi connectivity index (χ4n) is 2.30. The van der Waals surface area contributed by atoms with Crippen LogP contribution in [-0.2, 0) is 4.79 Å². The number of hydrogen-bond acceptors (Lipinski definition) is 2. The van der Waals surface area contributed by atoms with Crippen LogP contribution in [0.2, 0.25) is 0 Å². The van der Waals surface area contributed by atoms with Gasteiger partial charge in [0.05, 0.1) is 0 Å². The first-order chi connectivity index (χ1) is 7.26. The number of aliphatic hydroxyl groups is 1. The van der Waals surface area contributed by atoms with Crippen LogP contribution in [0.3, 0.4) is 0 Å². The summed E-state index contributed by atoms with van der Waals surface area (Å²) in [5, 5.41) is 11.9. The smallest absolute Gasteiger partial charge is 0.220 e. The highest BCUT2D eigenvalue weighted by Crippen LogP contribution is 2.26. The SMILES string of the molecule is CCCC(=O)NC1CCC(CCO)CC1. The molecule has 0 aliphatic heterocycles. The number of aliphatic hydroxyl groups excluding tert-OH is 1. The van der Waals surface area contributed by atoms with Gasteiger partial charge in [-0.15, -0.1) is 0 Å². The van der Waals surface area contributed by atoms with E-state index in [0.717, 1.165) is 38.5 Å². The normalized spacial score (nSPS) is 26.3.